The van der Waals surface area contributed by atoms with Crippen LogP contribution in [0.15, 0.2) is 133 Å². The first-order chi connectivity index (χ1) is 35.2. The Hall–Kier alpha value is -6.38. The van der Waals surface area contributed by atoms with Crippen LogP contribution in [0.4, 0.5) is 48.3 Å². The average molecular weight is 1060 g/mol. The SMILES string of the molecule is CN(C)C(CNC(=O)c1cccc(C(F)(F)F)c1)c1ccccc1.CN(C)C1(CNC(=O)c2cccc(C(F)(F)F)c2)CCC(F)(F)CC1.O=C(c1cccc(C(F)(F)F)c1)N1CCN(CCc2ccccc2)CC1. The number of likely N-dealkylation sites (N-methyl/N-ethyl adjacent to an activating group) is 2. The smallest absolute Gasteiger partial charge is 0.350 e. The fraction of sp³-hybridized carbons (Fsp3) is 0.400. The van der Waals surface area contributed by atoms with Crippen LogP contribution in [0.5, 0.6) is 0 Å². The Morgan fingerprint density at radius 1 is 0.560 bits per heavy atom. The molecule has 3 amide bonds. The summed E-state index contributed by atoms with van der Waals surface area (Å²) in [4.78, 5) is 44.6. The van der Waals surface area contributed by atoms with Gasteiger partial charge in [0.05, 0.1) is 22.7 Å². The summed E-state index contributed by atoms with van der Waals surface area (Å²) in [7, 11) is 7.27. The van der Waals surface area contributed by atoms with Gasteiger partial charge in [-0.05, 0) is 113 Å². The maximum atomic E-state index is 13.4. The van der Waals surface area contributed by atoms with Crippen LogP contribution in [0, 0.1) is 0 Å². The van der Waals surface area contributed by atoms with Crippen molar-refractivity contribution in [1.82, 2.24) is 30.2 Å². The van der Waals surface area contributed by atoms with E-state index < -0.39 is 58.5 Å². The molecule has 7 rings (SSSR count). The zero-order valence-electron chi connectivity index (χ0n) is 41.9. The molecule has 1 saturated heterocycles. The van der Waals surface area contributed by atoms with Crippen LogP contribution in [-0.2, 0) is 24.9 Å². The molecule has 5 aromatic rings. The van der Waals surface area contributed by atoms with Gasteiger partial charge in [0.15, 0.2) is 0 Å². The third-order valence-corrected chi connectivity index (χ3v) is 13.3. The average Bonchev–Trinajstić information content (AvgIpc) is 3.38. The van der Waals surface area contributed by atoms with Crippen LogP contribution in [-0.4, -0.2) is 123 Å². The van der Waals surface area contributed by atoms with Gasteiger partial charge in [0, 0.05) is 80.9 Å². The fourth-order valence-electron chi connectivity index (χ4n) is 8.57. The van der Waals surface area contributed by atoms with Crippen molar-refractivity contribution in [3.8, 4) is 0 Å². The molecular weight excluding hydrogens is 1000 g/mol. The highest BCUT2D eigenvalue weighted by Crippen LogP contribution is 2.41. The molecule has 1 saturated carbocycles. The summed E-state index contributed by atoms with van der Waals surface area (Å²) in [6, 6.07) is 32.9. The molecule has 2 N–H and O–H groups in total. The Kier molecular flexibility index (Phi) is 20.6. The van der Waals surface area contributed by atoms with Crippen molar-refractivity contribution in [3.63, 3.8) is 0 Å². The van der Waals surface area contributed by atoms with E-state index in [1.165, 1.54) is 42.0 Å². The van der Waals surface area contributed by atoms with E-state index in [1.807, 2.05) is 67.5 Å². The number of carbonyl (C=O) groups is 3. The van der Waals surface area contributed by atoms with E-state index in [0.717, 1.165) is 68.0 Å². The van der Waals surface area contributed by atoms with Crippen LogP contribution in [0.25, 0.3) is 0 Å². The van der Waals surface area contributed by atoms with Gasteiger partial charge >= 0.3 is 18.5 Å². The second-order valence-electron chi connectivity index (χ2n) is 18.9. The number of nitrogens with zero attached hydrogens (tertiary/aromatic N) is 4. The Labute approximate surface area is 429 Å². The molecule has 1 heterocycles. The molecule has 1 unspecified atom stereocenters. The molecule has 1 aliphatic carbocycles. The molecule has 0 aromatic heterocycles. The summed E-state index contributed by atoms with van der Waals surface area (Å²) in [6.45, 7) is 3.84. The van der Waals surface area contributed by atoms with Crippen molar-refractivity contribution in [2.75, 3.05) is 74.0 Å². The molecule has 1 aliphatic heterocycles. The zero-order chi connectivity index (χ0) is 55.2. The highest BCUT2D eigenvalue weighted by atomic mass is 19.4. The predicted molar refractivity (Wildman–Crippen MR) is 264 cm³/mol. The van der Waals surface area contributed by atoms with E-state index in [9.17, 15) is 62.7 Å². The van der Waals surface area contributed by atoms with E-state index in [4.69, 9.17) is 0 Å². The molecule has 5 aromatic carbocycles. The summed E-state index contributed by atoms with van der Waals surface area (Å²) in [6.07, 6.45) is -12.6. The number of halogens is 11. The fourth-order valence-corrected chi connectivity index (χ4v) is 8.57. The van der Waals surface area contributed by atoms with E-state index >= 15 is 0 Å². The first-order valence-corrected chi connectivity index (χ1v) is 24.1. The lowest BCUT2D eigenvalue weighted by atomic mass is 9.78. The second kappa shape index (κ2) is 25.9. The number of alkyl halides is 11. The van der Waals surface area contributed by atoms with Gasteiger partial charge in [0.25, 0.3) is 17.7 Å². The minimum Gasteiger partial charge on any atom is -0.350 e. The van der Waals surface area contributed by atoms with Crippen LogP contribution in [0.1, 0.15) is 90.6 Å². The Balaban J connectivity index is 0.000000208. The summed E-state index contributed by atoms with van der Waals surface area (Å²) in [5, 5.41) is 5.31. The zero-order valence-corrected chi connectivity index (χ0v) is 41.9. The van der Waals surface area contributed by atoms with Gasteiger partial charge in [-0.25, -0.2) is 8.78 Å². The lowest BCUT2D eigenvalue weighted by Gasteiger charge is -2.45. The Bertz CT molecular complexity index is 2610. The van der Waals surface area contributed by atoms with Gasteiger partial charge in [-0.1, -0.05) is 78.9 Å². The number of hydrogen-bond donors (Lipinski definition) is 2. The minimum atomic E-state index is -4.53. The summed E-state index contributed by atoms with van der Waals surface area (Å²) < 4.78 is 142. The van der Waals surface area contributed by atoms with Crippen molar-refractivity contribution < 1.29 is 62.7 Å². The van der Waals surface area contributed by atoms with Gasteiger partial charge in [-0.2, -0.15) is 39.5 Å². The maximum Gasteiger partial charge on any atom is 0.416 e. The molecule has 20 heteroatoms. The van der Waals surface area contributed by atoms with Crippen molar-refractivity contribution in [1.29, 1.82) is 0 Å². The topological polar surface area (TPSA) is 88.2 Å². The van der Waals surface area contributed by atoms with E-state index in [0.29, 0.717) is 19.6 Å². The van der Waals surface area contributed by atoms with Gasteiger partial charge in [0.1, 0.15) is 0 Å². The third kappa shape index (κ3) is 17.9. The summed E-state index contributed by atoms with van der Waals surface area (Å²) >= 11 is 0. The number of piperazine rings is 1. The molecule has 9 nitrogen and oxygen atoms in total. The van der Waals surface area contributed by atoms with Crippen molar-refractivity contribution in [2.24, 2.45) is 0 Å². The monoisotopic (exact) mass is 1060 g/mol. The molecule has 2 fully saturated rings. The van der Waals surface area contributed by atoms with Crippen molar-refractivity contribution in [2.45, 2.75) is 68.1 Å². The number of hydrogen-bond acceptors (Lipinski definition) is 6. The van der Waals surface area contributed by atoms with E-state index in [-0.39, 0.29) is 60.9 Å². The molecular formula is C55H61F11N6O3. The second-order valence-corrected chi connectivity index (χ2v) is 18.9. The third-order valence-electron chi connectivity index (χ3n) is 13.3. The van der Waals surface area contributed by atoms with Crippen LogP contribution in [0.2, 0.25) is 0 Å². The van der Waals surface area contributed by atoms with Crippen LogP contribution in [0.3, 0.4) is 0 Å². The van der Waals surface area contributed by atoms with E-state index in [1.54, 1.807) is 23.9 Å². The van der Waals surface area contributed by atoms with Gasteiger partial charge in [-0.3, -0.25) is 19.3 Å². The molecule has 2 aliphatic rings. The molecule has 0 radical (unpaired) electrons. The normalized spacial score (nSPS) is 16.2. The van der Waals surface area contributed by atoms with Crippen LogP contribution >= 0.6 is 0 Å². The minimum absolute atomic E-state index is 0.00427. The molecule has 0 bridgehead atoms. The van der Waals surface area contributed by atoms with E-state index in [2.05, 4.69) is 27.7 Å². The summed E-state index contributed by atoms with van der Waals surface area (Å²) in [5.74, 6) is -4.21. The number of nitrogens with one attached hydrogen (secondary N) is 2. The Morgan fingerprint density at radius 2 is 1.00 bits per heavy atom. The van der Waals surface area contributed by atoms with Gasteiger partial charge in [-0.15, -0.1) is 0 Å². The predicted octanol–water partition coefficient (Wildman–Crippen LogP) is 11.4. The number of amides is 3. The van der Waals surface area contributed by atoms with Gasteiger partial charge in [0.2, 0.25) is 5.92 Å². The highest BCUT2D eigenvalue weighted by Gasteiger charge is 2.45. The number of benzene rings is 5. The first kappa shape index (κ1) is 59.5. The first-order valence-electron chi connectivity index (χ1n) is 24.1. The molecule has 75 heavy (non-hydrogen) atoms. The van der Waals surface area contributed by atoms with Crippen molar-refractivity contribution >= 4 is 17.7 Å². The largest absolute Gasteiger partial charge is 0.416 e. The maximum absolute atomic E-state index is 13.4. The van der Waals surface area contributed by atoms with Gasteiger partial charge < -0.3 is 25.3 Å². The lowest BCUT2D eigenvalue weighted by Crippen LogP contribution is -2.56. The standard InChI is InChI=1S/C20H21F3N2O.C18H19F3N2O.C17H21F5N2O/c21-20(22,23)18-8-4-7-17(15-18)19(26)25-13-11-24(12-14-25)10-9-16-5-2-1-3-6-16;1-23(2)16(13-7-4-3-5-8-13)12-22-17(24)14-9-6-10-15(11-14)18(19,20)21;1-24(2)15(6-8-16(18,19)9-7-15)11-23-14(25)12-4-3-5-13(10-12)17(20,21)22/h1-8,15H,9-14H2;3-11,16H,12H2,1-2H3,(H,22,24);3-5,10H,6-9,11H2,1-2H3,(H,23,25). The lowest BCUT2D eigenvalue weighted by molar-refractivity contribution is -0.138. The highest BCUT2D eigenvalue weighted by molar-refractivity contribution is 5.95. The van der Waals surface area contributed by atoms with Crippen molar-refractivity contribution in [3.05, 3.63) is 178 Å². The summed E-state index contributed by atoms with van der Waals surface area (Å²) in [5.41, 5.74) is -0.870. The molecule has 1 atom stereocenters. The number of rotatable bonds is 13. The molecule has 0 spiro atoms. The Morgan fingerprint density at radius 3 is 1.45 bits per heavy atom. The quantitative estimate of drug-likeness (QED) is 0.114. The number of carbonyl (C=O) groups excluding carboxylic acids is 3. The van der Waals surface area contributed by atoms with Crippen LogP contribution < -0.4 is 10.6 Å². The molecule has 406 valence electrons.